The fraction of sp³-hybridized carbons (Fsp3) is 0.310. The Balaban J connectivity index is 1.40. The van der Waals surface area contributed by atoms with Crippen molar-refractivity contribution in [3.63, 3.8) is 0 Å². The van der Waals surface area contributed by atoms with E-state index in [9.17, 15) is 4.79 Å². The van der Waals surface area contributed by atoms with E-state index in [0.717, 1.165) is 60.6 Å². The molecule has 9 nitrogen and oxygen atoms in total. The van der Waals surface area contributed by atoms with E-state index in [1.54, 1.807) is 6.08 Å². The van der Waals surface area contributed by atoms with Crippen molar-refractivity contribution in [2.24, 2.45) is 0 Å². The molecular formula is C29H33N7O2. The van der Waals surface area contributed by atoms with Crippen LogP contribution in [-0.2, 0) is 4.79 Å². The second-order valence-electron chi connectivity index (χ2n) is 9.53. The summed E-state index contributed by atoms with van der Waals surface area (Å²) in [5.74, 6) is 1.91. The summed E-state index contributed by atoms with van der Waals surface area (Å²) in [4.78, 5) is 25.7. The number of amides is 1. The fourth-order valence-electron chi connectivity index (χ4n) is 4.68. The third-order valence-electron chi connectivity index (χ3n) is 6.90. The van der Waals surface area contributed by atoms with Crippen LogP contribution in [0.3, 0.4) is 0 Å². The molecule has 0 spiro atoms. The SMILES string of the molecule is CCN(C)CC=CC(=O)N1CCCC(n2nc(-c3ccc(Oc4ccccc4)cc3)c3c(N)ncnc32)C1. The van der Waals surface area contributed by atoms with Crippen molar-refractivity contribution in [2.75, 3.05) is 39.0 Å². The molecule has 1 unspecified atom stereocenters. The van der Waals surface area contributed by atoms with Gasteiger partial charge in [0.2, 0.25) is 5.91 Å². The predicted octanol–water partition coefficient (Wildman–Crippen LogP) is 4.54. The monoisotopic (exact) mass is 511 g/mol. The van der Waals surface area contributed by atoms with Crippen molar-refractivity contribution < 1.29 is 9.53 Å². The number of piperidine rings is 1. The maximum Gasteiger partial charge on any atom is 0.246 e. The van der Waals surface area contributed by atoms with E-state index in [2.05, 4.69) is 21.8 Å². The minimum absolute atomic E-state index is 0.00866. The summed E-state index contributed by atoms with van der Waals surface area (Å²) >= 11 is 0. The molecule has 5 rings (SSSR count). The molecule has 1 aliphatic rings. The zero-order valence-corrected chi connectivity index (χ0v) is 21.8. The number of nitrogen functional groups attached to an aromatic ring is 1. The number of likely N-dealkylation sites (tertiary alicyclic amines) is 1. The maximum absolute atomic E-state index is 12.9. The molecule has 1 amide bonds. The third-order valence-corrected chi connectivity index (χ3v) is 6.90. The molecule has 1 saturated heterocycles. The van der Waals surface area contributed by atoms with Crippen molar-refractivity contribution in [1.29, 1.82) is 0 Å². The number of anilines is 1. The van der Waals surface area contributed by atoms with Crippen LogP contribution in [0, 0.1) is 0 Å². The molecule has 0 aliphatic carbocycles. The van der Waals surface area contributed by atoms with Crippen LogP contribution in [0.15, 0.2) is 73.1 Å². The number of rotatable bonds is 8. The van der Waals surface area contributed by atoms with Crippen LogP contribution in [0.4, 0.5) is 5.82 Å². The molecule has 0 radical (unpaired) electrons. The second kappa shape index (κ2) is 11.4. The average molecular weight is 512 g/mol. The van der Waals surface area contributed by atoms with Gasteiger partial charge in [0.05, 0.1) is 11.4 Å². The molecular weight excluding hydrogens is 478 g/mol. The van der Waals surface area contributed by atoms with Gasteiger partial charge in [0, 0.05) is 31.3 Å². The first-order valence-electron chi connectivity index (χ1n) is 13.0. The Kier molecular flexibility index (Phi) is 7.65. The highest BCUT2D eigenvalue weighted by Crippen LogP contribution is 2.34. The molecule has 9 heteroatoms. The molecule has 0 saturated carbocycles. The topological polar surface area (TPSA) is 102 Å². The van der Waals surface area contributed by atoms with E-state index < -0.39 is 0 Å². The van der Waals surface area contributed by atoms with Crippen molar-refractivity contribution in [3.8, 4) is 22.8 Å². The number of hydrogen-bond donors (Lipinski definition) is 1. The molecule has 1 aliphatic heterocycles. The Bertz CT molecular complexity index is 1420. The van der Waals surface area contributed by atoms with Gasteiger partial charge in [0.25, 0.3) is 0 Å². The minimum atomic E-state index is -0.00866. The van der Waals surface area contributed by atoms with Gasteiger partial charge in [-0.15, -0.1) is 0 Å². The van der Waals surface area contributed by atoms with E-state index in [1.165, 1.54) is 6.33 Å². The van der Waals surface area contributed by atoms with E-state index in [-0.39, 0.29) is 11.9 Å². The van der Waals surface area contributed by atoms with E-state index in [1.807, 2.05) is 77.3 Å². The molecule has 1 atom stereocenters. The highest BCUT2D eigenvalue weighted by atomic mass is 16.5. The summed E-state index contributed by atoms with van der Waals surface area (Å²) in [5, 5.41) is 5.70. The predicted molar refractivity (Wildman–Crippen MR) is 149 cm³/mol. The zero-order chi connectivity index (χ0) is 26.5. The maximum atomic E-state index is 12.9. The van der Waals surface area contributed by atoms with Crippen molar-refractivity contribution in [1.82, 2.24) is 29.5 Å². The molecule has 2 N–H and O–H groups in total. The molecule has 196 valence electrons. The standard InChI is InChI=1S/C29H33N7O2/c1-3-34(2)17-8-12-25(37)35-18-7-9-22(19-35)36-29-26(28(30)31-20-32-29)27(33-36)21-13-15-24(16-14-21)38-23-10-5-4-6-11-23/h4-6,8,10-16,20,22H,3,7,9,17-19H2,1-2H3,(H2,30,31,32). The number of benzene rings is 2. The van der Waals surface area contributed by atoms with Gasteiger partial charge >= 0.3 is 0 Å². The van der Waals surface area contributed by atoms with Gasteiger partial charge in [-0.25, -0.2) is 14.6 Å². The van der Waals surface area contributed by atoms with Gasteiger partial charge in [-0.1, -0.05) is 31.2 Å². The van der Waals surface area contributed by atoms with Crippen molar-refractivity contribution >= 4 is 22.8 Å². The quantitative estimate of drug-likeness (QED) is 0.347. The van der Waals surface area contributed by atoms with Crippen LogP contribution in [0.2, 0.25) is 0 Å². The van der Waals surface area contributed by atoms with Crippen LogP contribution in [0.5, 0.6) is 11.5 Å². The number of ether oxygens (including phenoxy) is 1. The molecule has 38 heavy (non-hydrogen) atoms. The largest absolute Gasteiger partial charge is 0.457 e. The van der Waals surface area contributed by atoms with Gasteiger partial charge in [-0.05, 0) is 62.8 Å². The molecule has 3 heterocycles. The summed E-state index contributed by atoms with van der Waals surface area (Å²) in [6.45, 7) is 5.08. The Morgan fingerprint density at radius 3 is 2.66 bits per heavy atom. The van der Waals surface area contributed by atoms with Crippen molar-refractivity contribution in [3.05, 3.63) is 73.1 Å². The van der Waals surface area contributed by atoms with Crippen LogP contribution in [0.1, 0.15) is 25.8 Å². The Morgan fingerprint density at radius 2 is 1.89 bits per heavy atom. The van der Waals surface area contributed by atoms with Crippen LogP contribution in [0.25, 0.3) is 22.3 Å². The van der Waals surface area contributed by atoms with Gasteiger partial charge in [-0.2, -0.15) is 5.10 Å². The Labute approximate surface area is 222 Å². The molecule has 2 aromatic heterocycles. The lowest BCUT2D eigenvalue weighted by Gasteiger charge is -2.32. The smallest absolute Gasteiger partial charge is 0.246 e. The fourth-order valence-corrected chi connectivity index (χ4v) is 4.68. The Hall–Kier alpha value is -4.24. The number of nitrogens with zero attached hydrogens (tertiary/aromatic N) is 6. The van der Waals surface area contributed by atoms with Crippen LogP contribution < -0.4 is 10.5 Å². The van der Waals surface area contributed by atoms with Crippen LogP contribution in [-0.4, -0.2) is 68.7 Å². The minimum Gasteiger partial charge on any atom is -0.457 e. The first-order chi connectivity index (χ1) is 18.5. The Morgan fingerprint density at radius 1 is 1.13 bits per heavy atom. The number of para-hydroxylation sites is 1. The lowest BCUT2D eigenvalue weighted by atomic mass is 10.1. The third kappa shape index (κ3) is 5.52. The first-order valence-corrected chi connectivity index (χ1v) is 13.0. The molecule has 1 fully saturated rings. The average Bonchev–Trinajstić information content (AvgIpc) is 3.35. The van der Waals surface area contributed by atoms with E-state index >= 15 is 0 Å². The van der Waals surface area contributed by atoms with Gasteiger partial charge in [0.15, 0.2) is 5.65 Å². The summed E-state index contributed by atoms with van der Waals surface area (Å²) < 4.78 is 7.86. The van der Waals surface area contributed by atoms with Gasteiger partial charge < -0.3 is 20.3 Å². The number of aromatic nitrogens is 4. The number of likely N-dealkylation sites (N-methyl/N-ethyl adjacent to an activating group) is 1. The summed E-state index contributed by atoms with van der Waals surface area (Å²) in [7, 11) is 2.03. The highest BCUT2D eigenvalue weighted by molar-refractivity contribution is 5.98. The molecule has 4 aromatic rings. The number of nitrogens with two attached hydrogens (primary N) is 1. The zero-order valence-electron chi connectivity index (χ0n) is 21.8. The van der Waals surface area contributed by atoms with Crippen molar-refractivity contribution in [2.45, 2.75) is 25.8 Å². The van der Waals surface area contributed by atoms with Crippen LogP contribution >= 0.6 is 0 Å². The second-order valence-corrected chi connectivity index (χ2v) is 9.53. The first kappa shape index (κ1) is 25.4. The normalized spacial score (nSPS) is 16.0. The lowest BCUT2D eigenvalue weighted by Crippen LogP contribution is -2.40. The number of hydrogen-bond acceptors (Lipinski definition) is 7. The summed E-state index contributed by atoms with van der Waals surface area (Å²) in [5.41, 5.74) is 8.62. The van der Waals surface area contributed by atoms with Gasteiger partial charge in [-0.3, -0.25) is 4.79 Å². The number of carbonyl (C=O) groups excluding carboxylic acids is 1. The van der Waals surface area contributed by atoms with E-state index in [4.69, 9.17) is 15.6 Å². The summed E-state index contributed by atoms with van der Waals surface area (Å²) in [6, 6.07) is 17.4. The number of carbonyl (C=O) groups is 1. The lowest BCUT2D eigenvalue weighted by molar-refractivity contribution is -0.127. The van der Waals surface area contributed by atoms with E-state index in [0.29, 0.717) is 18.0 Å². The summed E-state index contributed by atoms with van der Waals surface area (Å²) in [6.07, 6.45) is 6.86. The molecule has 0 bridgehead atoms. The highest BCUT2D eigenvalue weighted by Gasteiger charge is 2.28. The number of fused-ring (bicyclic) bond motifs is 1. The molecule has 2 aromatic carbocycles. The van der Waals surface area contributed by atoms with Gasteiger partial charge in [0.1, 0.15) is 29.3 Å².